The van der Waals surface area contributed by atoms with Crippen molar-refractivity contribution in [3.05, 3.63) is 0 Å². The molecular formula is C26H46O8. The van der Waals surface area contributed by atoms with E-state index in [-0.39, 0.29) is 61.9 Å². The summed E-state index contributed by atoms with van der Waals surface area (Å²) in [4.78, 5) is 49.0. The molecule has 0 N–H and O–H groups in total. The molecule has 8 nitrogen and oxygen atoms in total. The summed E-state index contributed by atoms with van der Waals surface area (Å²) < 4.78 is 21.8. The number of hydrogen-bond donors (Lipinski definition) is 0. The molecule has 0 radical (unpaired) electrons. The van der Waals surface area contributed by atoms with Crippen LogP contribution in [0.15, 0.2) is 0 Å². The number of carbonyl (C=O) groups is 4. The summed E-state index contributed by atoms with van der Waals surface area (Å²) in [5.41, 5.74) is -1.15. The van der Waals surface area contributed by atoms with E-state index in [0.29, 0.717) is 0 Å². The second-order valence-electron chi connectivity index (χ2n) is 11.5. The Bertz CT molecular complexity index is 613. The SMILES string of the molecule is CC(CC(=O)OCC(COC(=O)C(C)C)(COC(=O)C(C)C)COC(=O)C(C)C)CC(C)(C)C. The highest BCUT2D eigenvalue weighted by molar-refractivity contribution is 5.73. The fraction of sp³-hybridized carbons (Fsp3) is 0.846. The van der Waals surface area contributed by atoms with Crippen molar-refractivity contribution >= 4 is 23.9 Å². The molecule has 0 bridgehead atoms. The fourth-order valence-electron chi connectivity index (χ4n) is 3.12. The normalized spacial score (nSPS) is 13.1. The van der Waals surface area contributed by atoms with Crippen molar-refractivity contribution in [3.8, 4) is 0 Å². The summed E-state index contributed by atoms with van der Waals surface area (Å²) in [6.07, 6.45) is 1.06. The molecule has 0 rings (SSSR count). The van der Waals surface area contributed by atoms with Crippen molar-refractivity contribution in [2.75, 3.05) is 26.4 Å². The molecule has 34 heavy (non-hydrogen) atoms. The highest BCUT2D eigenvalue weighted by Gasteiger charge is 2.38. The van der Waals surface area contributed by atoms with Crippen LogP contribution in [0.5, 0.6) is 0 Å². The van der Waals surface area contributed by atoms with Gasteiger partial charge in [-0.3, -0.25) is 19.2 Å². The third-order valence-corrected chi connectivity index (χ3v) is 4.99. The Morgan fingerprint density at radius 2 is 0.912 bits per heavy atom. The van der Waals surface area contributed by atoms with Gasteiger partial charge in [0.1, 0.15) is 31.8 Å². The fourth-order valence-corrected chi connectivity index (χ4v) is 3.12. The lowest BCUT2D eigenvalue weighted by Gasteiger charge is -2.32. The second kappa shape index (κ2) is 14.3. The van der Waals surface area contributed by atoms with E-state index in [1.807, 2.05) is 6.92 Å². The molecular weight excluding hydrogens is 440 g/mol. The molecule has 0 aliphatic heterocycles. The van der Waals surface area contributed by atoms with Gasteiger partial charge in [-0.15, -0.1) is 0 Å². The molecule has 0 fully saturated rings. The molecule has 0 heterocycles. The summed E-state index contributed by atoms with van der Waals surface area (Å²) in [7, 11) is 0. The average Bonchev–Trinajstić information content (AvgIpc) is 2.69. The first-order valence-electron chi connectivity index (χ1n) is 12.1. The molecule has 8 heteroatoms. The highest BCUT2D eigenvalue weighted by atomic mass is 16.6. The zero-order valence-electron chi connectivity index (χ0n) is 22.8. The van der Waals surface area contributed by atoms with Gasteiger partial charge in [-0.25, -0.2) is 0 Å². The van der Waals surface area contributed by atoms with Crippen LogP contribution in [0.25, 0.3) is 0 Å². The predicted molar refractivity (Wildman–Crippen MR) is 129 cm³/mol. The van der Waals surface area contributed by atoms with Crippen molar-refractivity contribution in [1.29, 1.82) is 0 Å². The van der Waals surface area contributed by atoms with Gasteiger partial charge in [0.15, 0.2) is 0 Å². The second-order valence-corrected chi connectivity index (χ2v) is 11.5. The molecule has 0 aromatic rings. The van der Waals surface area contributed by atoms with Gasteiger partial charge in [-0.1, -0.05) is 69.2 Å². The number of esters is 4. The lowest BCUT2D eigenvalue weighted by atomic mass is 9.84. The van der Waals surface area contributed by atoms with Crippen molar-refractivity contribution in [1.82, 2.24) is 0 Å². The number of hydrogen-bond acceptors (Lipinski definition) is 8. The van der Waals surface area contributed by atoms with E-state index in [0.717, 1.165) is 6.42 Å². The summed E-state index contributed by atoms with van der Waals surface area (Å²) >= 11 is 0. The summed E-state index contributed by atoms with van der Waals surface area (Å²) in [6, 6.07) is 0. The Balaban J connectivity index is 5.62. The van der Waals surface area contributed by atoms with Gasteiger partial charge in [0.25, 0.3) is 0 Å². The molecule has 0 saturated carbocycles. The molecule has 0 saturated heterocycles. The highest BCUT2D eigenvalue weighted by Crippen LogP contribution is 2.27. The molecule has 1 unspecified atom stereocenters. The van der Waals surface area contributed by atoms with Crippen molar-refractivity contribution in [3.63, 3.8) is 0 Å². The van der Waals surface area contributed by atoms with E-state index in [1.165, 1.54) is 0 Å². The quantitative estimate of drug-likeness (QED) is 0.260. The van der Waals surface area contributed by atoms with Crippen LogP contribution in [0.3, 0.4) is 0 Å². The zero-order valence-corrected chi connectivity index (χ0v) is 22.8. The third kappa shape index (κ3) is 13.6. The van der Waals surface area contributed by atoms with Gasteiger partial charge in [-0.05, 0) is 17.8 Å². The maximum Gasteiger partial charge on any atom is 0.308 e. The van der Waals surface area contributed by atoms with E-state index in [2.05, 4.69) is 20.8 Å². The molecule has 0 aliphatic rings. The van der Waals surface area contributed by atoms with Gasteiger partial charge in [0.05, 0.1) is 17.8 Å². The van der Waals surface area contributed by atoms with Gasteiger partial charge in [0.2, 0.25) is 0 Å². The molecule has 198 valence electrons. The number of rotatable bonds is 14. The van der Waals surface area contributed by atoms with Crippen LogP contribution in [0.4, 0.5) is 0 Å². The maximum atomic E-state index is 12.6. The van der Waals surface area contributed by atoms with E-state index in [1.54, 1.807) is 41.5 Å². The minimum atomic E-state index is -1.22. The van der Waals surface area contributed by atoms with Crippen LogP contribution in [-0.2, 0) is 38.1 Å². The van der Waals surface area contributed by atoms with Gasteiger partial charge < -0.3 is 18.9 Å². The van der Waals surface area contributed by atoms with Crippen LogP contribution in [0.2, 0.25) is 0 Å². The smallest absolute Gasteiger partial charge is 0.308 e. The Morgan fingerprint density at radius 1 is 0.588 bits per heavy atom. The van der Waals surface area contributed by atoms with Gasteiger partial charge in [0, 0.05) is 6.42 Å². The maximum absolute atomic E-state index is 12.6. The third-order valence-electron chi connectivity index (χ3n) is 4.99. The topological polar surface area (TPSA) is 105 Å². The summed E-state index contributed by atoms with van der Waals surface area (Å²) in [6.45, 7) is 17.5. The Labute approximate surface area is 205 Å². The van der Waals surface area contributed by atoms with Crippen LogP contribution in [0, 0.1) is 34.5 Å². The summed E-state index contributed by atoms with van der Waals surface area (Å²) in [5, 5.41) is 0. The minimum Gasteiger partial charge on any atom is -0.465 e. The zero-order chi connectivity index (χ0) is 26.7. The monoisotopic (exact) mass is 486 g/mol. The molecule has 0 aromatic heterocycles. The molecule has 0 amide bonds. The first kappa shape index (κ1) is 31.9. The average molecular weight is 487 g/mol. The standard InChI is InChI=1S/C26H46O8/c1-17(2)22(28)32-14-26(15-33-23(29)18(3)4,16-34-24(30)19(5)6)13-31-21(27)11-20(7)12-25(8,9)10/h17-20H,11-16H2,1-10H3. The Hall–Kier alpha value is -2.12. The molecule has 0 spiro atoms. The van der Waals surface area contributed by atoms with Gasteiger partial charge >= 0.3 is 23.9 Å². The minimum absolute atomic E-state index is 0.0740. The van der Waals surface area contributed by atoms with E-state index in [9.17, 15) is 19.2 Å². The first-order valence-corrected chi connectivity index (χ1v) is 12.1. The van der Waals surface area contributed by atoms with Crippen molar-refractivity contribution < 1.29 is 38.1 Å². The number of carbonyl (C=O) groups excluding carboxylic acids is 4. The van der Waals surface area contributed by atoms with Crippen molar-refractivity contribution in [2.45, 2.75) is 82.1 Å². The first-order chi connectivity index (χ1) is 15.5. The number of ether oxygens (including phenoxy) is 4. The summed E-state index contributed by atoms with van der Waals surface area (Å²) in [5.74, 6) is -2.82. The van der Waals surface area contributed by atoms with Gasteiger partial charge in [-0.2, -0.15) is 0 Å². The van der Waals surface area contributed by atoms with Crippen molar-refractivity contribution in [2.24, 2.45) is 34.5 Å². The Morgan fingerprint density at radius 3 is 1.21 bits per heavy atom. The lowest BCUT2D eigenvalue weighted by Crippen LogP contribution is -2.44. The predicted octanol–water partition coefficient (Wildman–Crippen LogP) is 4.58. The Kier molecular flexibility index (Phi) is 13.4. The largest absolute Gasteiger partial charge is 0.465 e. The molecule has 1 atom stereocenters. The van der Waals surface area contributed by atoms with E-state index < -0.39 is 29.3 Å². The van der Waals surface area contributed by atoms with Crippen LogP contribution in [-0.4, -0.2) is 50.3 Å². The molecule has 0 aliphatic carbocycles. The molecule has 0 aromatic carbocycles. The van der Waals surface area contributed by atoms with E-state index >= 15 is 0 Å². The van der Waals surface area contributed by atoms with E-state index in [4.69, 9.17) is 18.9 Å². The van der Waals surface area contributed by atoms with Crippen LogP contribution >= 0.6 is 0 Å². The lowest BCUT2D eigenvalue weighted by molar-refractivity contribution is -0.174. The van der Waals surface area contributed by atoms with Crippen LogP contribution < -0.4 is 0 Å². The van der Waals surface area contributed by atoms with Crippen LogP contribution in [0.1, 0.15) is 82.1 Å².